The van der Waals surface area contributed by atoms with Gasteiger partial charge in [-0.05, 0) is 12.5 Å². The highest BCUT2D eigenvalue weighted by atomic mass is 19.3. The van der Waals surface area contributed by atoms with Crippen LogP contribution in [0.1, 0.15) is 23.8 Å². The third-order valence-corrected chi connectivity index (χ3v) is 2.27. The van der Waals surface area contributed by atoms with Crippen molar-refractivity contribution in [1.82, 2.24) is 15.1 Å². The van der Waals surface area contributed by atoms with Crippen LogP contribution in [0.25, 0.3) is 0 Å². The van der Waals surface area contributed by atoms with Crippen molar-refractivity contribution in [3.63, 3.8) is 0 Å². The second kappa shape index (κ2) is 6.37. The van der Waals surface area contributed by atoms with Crippen LogP contribution in [0, 0.1) is 0 Å². The molecule has 0 aliphatic rings. The highest BCUT2D eigenvalue weighted by Crippen LogP contribution is 2.09. The Bertz CT molecular complexity index is 502. The molecule has 1 heterocycles. The Labute approximate surface area is 108 Å². The van der Waals surface area contributed by atoms with Gasteiger partial charge >= 0.3 is 0 Å². The Morgan fingerprint density at radius 1 is 1.53 bits per heavy atom. The molecule has 0 fully saturated rings. The molecule has 0 radical (unpaired) electrons. The number of aryl methyl sites for hydroxylation is 1. The van der Waals surface area contributed by atoms with Crippen molar-refractivity contribution in [3.8, 4) is 0 Å². The maximum atomic E-state index is 12.8. The van der Waals surface area contributed by atoms with Crippen LogP contribution in [0.5, 0.6) is 0 Å². The third-order valence-electron chi connectivity index (χ3n) is 2.27. The van der Waals surface area contributed by atoms with Crippen molar-refractivity contribution in [3.05, 3.63) is 28.2 Å². The molecule has 1 aromatic rings. The minimum Gasteiger partial charge on any atom is -0.390 e. The lowest BCUT2D eigenvalue weighted by Gasteiger charge is -2.13. The quantitative estimate of drug-likeness (QED) is 0.766. The zero-order valence-electron chi connectivity index (χ0n) is 10.4. The maximum Gasteiger partial charge on any atom is 0.287 e. The Morgan fingerprint density at radius 3 is 2.79 bits per heavy atom. The molecule has 0 saturated heterocycles. The molecule has 0 saturated carbocycles. The highest BCUT2D eigenvalue weighted by molar-refractivity contribution is 5.92. The summed E-state index contributed by atoms with van der Waals surface area (Å²) < 4.78 is 26.6. The summed E-state index contributed by atoms with van der Waals surface area (Å²) in [5, 5.41) is 14.1. The average Bonchev–Trinajstić information content (AvgIpc) is 2.39. The van der Waals surface area contributed by atoms with Crippen LogP contribution in [0.15, 0.2) is 16.9 Å². The normalized spacial score (nSPS) is 11.4. The van der Waals surface area contributed by atoms with Gasteiger partial charge in [0.05, 0.1) is 6.54 Å². The predicted molar refractivity (Wildman–Crippen MR) is 63.2 cm³/mol. The van der Waals surface area contributed by atoms with Crippen LogP contribution in [-0.2, 0) is 6.54 Å². The number of nitrogens with zero attached hydrogens (tertiary/aromatic N) is 2. The molecule has 1 rings (SSSR count). The molecular weight excluding hydrogens is 260 g/mol. The van der Waals surface area contributed by atoms with Crippen LogP contribution in [0.2, 0.25) is 0 Å². The standard InChI is InChI=1S/C11H15F2N3O3/c1-2-5-16-9(18)4-3-8(15-16)10(19)14-6-11(12,13)7-17/h3-4,17H,2,5-7H2,1H3,(H,14,19). The Hall–Kier alpha value is -1.83. The van der Waals surface area contributed by atoms with E-state index in [0.29, 0.717) is 13.0 Å². The summed E-state index contributed by atoms with van der Waals surface area (Å²) in [5.41, 5.74) is -0.485. The van der Waals surface area contributed by atoms with Crippen molar-refractivity contribution in [2.45, 2.75) is 25.8 Å². The van der Waals surface area contributed by atoms with Crippen LogP contribution in [0.3, 0.4) is 0 Å². The molecular formula is C11H15F2N3O3. The van der Waals surface area contributed by atoms with Gasteiger partial charge in [0.15, 0.2) is 0 Å². The van der Waals surface area contributed by atoms with Gasteiger partial charge in [-0.1, -0.05) is 6.92 Å². The lowest BCUT2D eigenvalue weighted by Crippen LogP contribution is -2.39. The number of amides is 1. The number of nitrogens with one attached hydrogen (secondary N) is 1. The van der Waals surface area contributed by atoms with E-state index < -0.39 is 25.0 Å². The molecule has 0 spiro atoms. The first-order valence-electron chi connectivity index (χ1n) is 5.74. The van der Waals surface area contributed by atoms with E-state index in [4.69, 9.17) is 5.11 Å². The van der Waals surface area contributed by atoms with Gasteiger partial charge in [-0.15, -0.1) is 0 Å². The van der Waals surface area contributed by atoms with Crippen LogP contribution in [-0.4, -0.2) is 39.9 Å². The summed E-state index contributed by atoms with van der Waals surface area (Å²) in [7, 11) is 0. The largest absolute Gasteiger partial charge is 0.390 e. The number of carbonyl (C=O) groups excluding carboxylic acids is 1. The molecule has 106 valence electrons. The topological polar surface area (TPSA) is 84.2 Å². The molecule has 0 bridgehead atoms. The predicted octanol–water partition coefficient (Wildman–Crippen LogP) is 0.0107. The summed E-state index contributed by atoms with van der Waals surface area (Å²) in [4.78, 5) is 22.9. The lowest BCUT2D eigenvalue weighted by molar-refractivity contribution is -0.0462. The summed E-state index contributed by atoms with van der Waals surface area (Å²) >= 11 is 0. The molecule has 2 N–H and O–H groups in total. The van der Waals surface area contributed by atoms with E-state index in [0.717, 1.165) is 10.7 Å². The summed E-state index contributed by atoms with van der Waals surface area (Å²) in [6.07, 6.45) is 0.653. The van der Waals surface area contributed by atoms with Gasteiger partial charge < -0.3 is 10.4 Å². The minimum absolute atomic E-state index is 0.123. The van der Waals surface area contributed by atoms with Gasteiger partial charge in [-0.25, -0.2) is 13.5 Å². The minimum atomic E-state index is -3.38. The molecule has 1 amide bonds. The molecule has 0 aliphatic carbocycles. The van der Waals surface area contributed by atoms with Crippen molar-refractivity contribution in [2.75, 3.05) is 13.2 Å². The van der Waals surface area contributed by atoms with Crippen LogP contribution < -0.4 is 10.9 Å². The van der Waals surface area contributed by atoms with Crippen molar-refractivity contribution < 1.29 is 18.7 Å². The first-order chi connectivity index (χ1) is 8.89. The highest BCUT2D eigenvalue weighted by Gasteiger charge is 2.28. The van der Waals surface area contributed by atoms with Gasteiger partial charge in [0.2, 0.25) is 0 Å². The molecule has 19 heavy (non-hydrogen) atoms. The summed E-state index contributed by atoms with van der Waals surface area (Å²) in [6, 6.07) is 2.32. The summed E-state index contributed by atoms with van der Waals surface area (Å²) in [6.45, 7) is -0.164. The third kappa shape index (κ3) is 4.40. The Kier molecular flexibility index (Phi) is 5.11. The zero-order chi connectivity index (χ0) is 14.5. The van der Waals surface area contributed by atoms with Gasteiger partial charge in [0.25, 0.3) is 17.4 Å². The zero-order valence-corrected chi connectivity index (χ0v) is 10.4. The molecule has 6 nitrogen and oxygen atoms in total. The van der Waals surface area contributed by atoms with Crippen LogP contribution >= 0.6 is 0 Å². The first-order valence-corrected chi connectivity index (χ1v) is 5.74. The fourth-order valence-corrected chi connectivity index (χ4v) is 1.30. The van der Waals surface area contributed by atoms with E-state index in [1.807, 2.05) is 12.2 Å². The van der Waals surface area contributed by atoms with E-state index in [9.17, 15) is 18.4 Å². The van der Waals surface area contributed by atoms with E-state index >= 15 is 0 Å². The number of carbonyl (C=O) groups is 1. The Balaban J connectivity index is 2.77. The average molecular weight is 275 g/mol. The second-order valence-electron chi connectivity index (χ2n) is 3.98. The monoisotopic (exact) mass is 275 g/mol. The molecule has 1 aromatic heterocycles. The maximum absolute atomic E-state index is 12.8. The number of alkyl halides is 2. The number of hydrogen-bond acceptors (Lipinski definition) is 4. The van der Waals surface area contributed by atoms with E-state index in [1.54, 1.807) is 0 Å². The van der Waals surface area contributed by atoms with Gasteiger partial charge in [-0.2, -0.15) is 5.10 Å². The fourth-order valence-electron chi connectivity index (χ4n) is 1.30. The first kappa shape index (κ1) is 15.2. The van der Waals surface area contributed by atoms with E-state index in [-0.39, 0.29) is 11.3 Å². The van der Waals surface area contributed by atoms with Crippen molar-refractivity contribution >= 4 is 5.91 Å². The molecule has 8 heteroatoms. The van der Waals surface area contributed by atoms with Gasteiger partial charge in [0.1, 0.15) is 12.3 Å². The number of aliphatic hydroxyl groups is 1. The smallest absolute Gasteiger partial charge is 0.287 e. The molecule has 0 atom stereocenters. The van der Waals surface area contributed by atoms with E-state index in [2.05, 4.69) is 5.10 Å². The SMILES string of the molecule is CCCn1nc(C(=O)NCC(F)(F)CO)ccc1=O. The lowest BCUT2D eigenvalue weighted by atomic mass is 10.3. The van der Waals surface area contributed by atoms with Gasteiger partial charge in [-0.3, -0.25) is 9.59 Å². The second-order valence-corrected chi connectivity index (χ2v) is 3.98. The number of aliphatic hydroxyl groups excluding tert-OH is 1. The van der Waals surface area contributed by atoms with E-state index in [1.165, 1.54) is 6.07 Å². The number of rotatable bonds is 6. The number of hydrogen-bond donors (Lipinski definition) is 2. The number of aromatic nitrogens is 2. The Morgan fingerprint density at radius 2 is 2.21 bits per heavy atom. The van der Waals surface area contributed by atoms with Crippen molar-refractivity contribution in [1.29, 1.82) is 0 Å². The molecule has 0 aliphatic heterocycles. The molecule has 0 aromatic carbocycles. The van der Waals surface area contributed by atoms with Crippen molar-refractivity contribution in [2.24, 2.45) is 0 Å². The molecule has 0 unspecified atom stereocenters. The van der Waals surface area contributed by atoms with Gasteiger partial charge in [0, 0.05) is 12.6 Å². The fraction of sp³-hybridized carbons (Fsp3) is 0.545. The summed E-state index contributed by atoms with van der Waals surface area (Å²) in [5.74, 6) is -4.20. The number of halogens is 2. The van der Waals surface area contributed by atoms with Crippen LogP contribution in [0.4, 0.5) is 8.78 Å².